The van der Waals surface area contributed by atoms with Crippen molar-refractivity contribution < 1.29 is 4.74 Å². The van der Waals surface area contributed by atoms with Gasteiger partial charge >= 0.3 is 0 Å². The van der Waals surface area contributed by atoms with Gasteiger partial charge in [-0.25, -0.2) is 4.98 Å². The number of aromatic amines is 1. The van der Waals surface area contributed by atoms with Gasteiger partial charge in [0.25, 0.3) is 0 Å². The summed E-state index contributed by atoms with van der Waals surface area (Å²) in [5, 5.41) is 5.58. The lowest BCUT2D eigenvalue weighted by Gasteiger charge is -2.34. The van der Waals surface area contributed by atoms with Crippen LogP contribution in [0.1, 0.15) is 29.3 Å². The van der Waals surface area contributed by atoms with Crippen LogP contribution in [0.25, 0.3) is 22.6 Å². The number of ether oxygens (including phenoxy) is 1. The second-order valence-electron chi connectivity index (χ2n) is 10.5. The number of halogens is 1. The van der Waals surface area contributed by atoms with E-state index < -0.39 is 0 Å². The number of benzene rings is 3. The molecule has 206 valence electrons. The number of piperazine rings is 1. The van der Waals surface area contributed by atoms with Crippen molar-refractivity contribution in [2.24, 2.45) is 0 Å². The van der Waals surface area contributed by atoms with Crippen LogP contribution in [0.15, 0.2) is 72.8 Å². The molecule has 1 aliphatic rings. The molecule has 6 rings (SSSR count). The second kappa shape index (κ2) is 11.8. The van der Waals surface area contributed by atoms with Gasteiger partial charge in [-0.2, -0.15) is 5.10 Å². The molecule has 3 aromatic carbocycles. The minimum atomic E-state index is 0.495. The molecule has 0 aliphatic carbocycles. The molecule has 3 heterocycles. The molecule has 0 saturated carbocycles. The molecule has 0 amide bonds. The molecule has 0 radical (unpaired) electrons. The minimum absolute atomic E-state index is 0.495. The van der Waals surface area contributed by atoms with Gasteiger partial charge in [-0.3, -0.25) is 9.58 Å². The topological polar surface area (TPSA) is 62.2 Å². The summed E-state index contributed by atoms with van der Waals surface area (Å²) in [6, 6.07) is 24.5. The van der Waals surface area contributed by atoms with Crippen molar-refractivity contribution in [3.63, 3.8) is 0 Å². The number of aryl methyl sites for hydroxylation is 1. The van der Waals surface area contributed by atoms with Gasteiger partial charge in [-0.15, -0.1) is 0 Å². The summed E-state index contributed by atoms with van der Waals surface area (Å²) >= 11 is 6.37. The lowest BCUT2D eigenvalue weighted by Crippen LogP contribution is -2.45. The Bertz CT molecular complexity index is 1590. The van der Waals surface area contributed by atoms with Crippen LogP contribution in [0.5, 0.6) is 5.75 Å². The van der Waals surface area contributed by atoms with Gasteiger partial charge in [0.05, 0.1) is 17.6 Å². The molecule has 40 heavy (non-hydrogen) atoms. The molecule has 1 aliphatic heterocycles. The number of nitrogens with one attached hydrogen (secondary N) is 1. The molecule has 1 N–H and O–H groups in total. The lowest BCUT2D eigenvalue weighted by molar-refractivity contribution is 0.132. The average molecular weight is 555 g/mol. The van der Waals surface area contributed by atoms with Crippen molar-refractivity contribution >= 4 is 22.6 Å². The van der Waals surface area contributed by atoms with E-state index in [0.717, 1.165) is 84.4 Å². The van der Waals surface area contributed by atoms with E-state index in [2.05, 4.69) is 65.0 Å². The zero-order chi connectivity index (χ0) is 27.5. The zero-order valence-corrected chi connectivity index (χ0v) is 23.9. The molecule has 1 fully saturated rings. The van der Waals surface area contributed by atoms with Crippen LogP contribution in [0, 0.1) is 6.92 Å². The van der Waals surface area contributed by atoms with Crippen LogP contribution in [0.3, 0.4) is 0 Å². The van der Waals surface area contributed by atoms with Gasteiger partial charge < -0.3 is 14.6 Å². The van der Waals surface area contributed by atoms with Gasteiger partial charge in [-0.05, 0) is 61.0 Å². The summed E-state index contributed by atoms with van der Waals surface area (Å²) in [5.74, 6) is 1.58. The van der Waals surface area contributed by atoms with E-state index in [1.807, 2.05) is 41.1 Å². The highest BCUT2D eigenvalue weighted by molar-refractivity contribution is 6.30. The van der Waals surface area contributed by atoms with Crippen molar-refractivity contribution in [3.8, 4) is 17.3 Å². The maximum absolute atomic E-state index is 6.37. The van der Waals surface area contributed by atoms with Crippen molar-refractivity contribution in [2.75, 3.05) is 32.7 Å². The summed E-state index contributed by atoms with van der Waals surface area (Å²) in [6.45, 7) is 11.9. The Morgan fingerprint density at radius 3 is 2.48 bits per heavy atom. The van der Waals surface area contributed by atoms with Crippen LogP contribution >= 0.6 is 11.6 Å². The monoisotopic (exact) mass is 554 g/mol. The highest BCUT2D eigenvalue weighted by Crippen LogP contribution is 2.27. The van der Waals surface area contributed by atoms with Crippen molar-refractivity contribution in [1.29, 1.82) is 0 Å². The third-order valence-electron chi connectivity index (χ3n) is 7.67. The number of likely N-dealkylation sites (N-methyl/N-ethyl adjacent to an activating group) is 1. The SMILES string of the molecule is CCN1CCN(Cc2ccc3nc(-c4cc(C)n(Cc5cc(Cl)ccc5OCc5ccccc5)n4)[nH]c3c2)CC1. The molecule has 0 bridgehead atoms. The van der Waals surface area contributed by atoms with Gasteiger partial charge in [0.1, 0.15) is 18.1 Å². The van der Waals surface area contributed by atoms with E-state index in [4.69, 9.17) is 26.4 Å². The second-order valence-corrected chi connectivity index (χ2v) is 10.9. The highest BCUT2D eigenvalue weighted by Gasteiger charge is 2.17. The molecule has 5 aromatic rings. The molecule has 8 heteroatoms. The van der Waals surface area contributed by atoms with Gasteiger partial charge in [0, 0.05) is 49.0 Å². The standard InChI is InChI=1S/C32H35ClN6O/c1-3-37-13-15-38(16-14-37)20-25-9-11-28-29(18-25)35-32(34-28)30-17-23(2)39(36-30)21-26-19-27(33)10-12-31(26)40-22-24-7-5-4-6-8-24/h4-12,17-19H,3,13-16,20-22H2,1-2H3,(H,34,35). The first kappa shape index (κ1) is 26.6. The van der Waals surface area contributed by atoms with E-state index in [1.165, 1.54) is 5.56 Å². The number of fused-ring (bicyclic) bond motifs is 1. The van der Waals surface area contributed by atoms with Crippen LogP contribution in [-0.4, -0.2) is 62.3 Å². The van der Waals surface area contributed by atoms with Crippen molar-refractivity contribution in [3.05, 3.63) is 100 Å². The van der Waals surface area contributed by atoms with Crippen LogP contribution in [-0.2, 0) is 19.7 Å². The van der Waals surface area contributed by atoms with Gasteiger partial charge in [0.2, 0.25) is 0 Å². The molecular formula is C32H35ClN6O. The van der Waals surface area contributed by atoms with E-state index >= 15 is 0 Å². The Kier molecular flexibility index (Phi) is 7.86. The number of rotatable bonds is 9. The summed E-state index contributed by atoms with van der Waals surface area (Å²) in [6.07, 6.45) is 0. The summed E-state index contributed by atoms with van der Waals surface area (Å²) in [5.41, 5.74) is 7.25. The molecule has 0 atom stereocenters. The van der Waals surface area contributed by atoms with Crippen LogP contribution in [0.4, 0.5) is 0 Å². The molecule has 0 spiro atoms. The maximum Gasteiger partial charge on any atom is 0.159 e. The lowest BCUT2D eigenvalue weighted by atomic mass is 10.1. The largest absolute Gasteiger partial charge is 0.489 e. The summed E-state index contributed by atoms with van der Waals surface area (Å²) in [4.78, 5) is 13.4. The Morgan fingerprint density at radius 2 is 1.68 bits per heavy atom. The molecule has 1 saturated heterocycles. The number of H-pyrrole nitrogens is 1. The fraction of sp³-hybridized carbons (Fsp3) is 0.312. The highest BCUT2D eigenvalue weighted by atomic mass is 35.5. The van der Waals surface area contributed by atoms with Crippen molar-refractivity contribution in [2.45, 2.75) is 33.5 Å². The quantitative estimate of drug-likeness (QED) is 0.237. The number of hydrogen-bond donors (Lipinski definition) is 1. The number of hydrogen-bond acceptors (Lipinski definition) is 5. The normalized spacial score (nSPS) is 14.7. The van der Waals surface area contributed by atoms with Gasteiger partial charge in [0.15, 0.2) is 5.82 Å². The number of aromatic nitrogens is 4. The first-order valence-electron chi connectivity index (χ1n) is 14.0. The van der Waals surface area contributed by atoms with Gasteiger partial charge in [-0.1, -0.05) is 54.9 Å². The smallest absolute Gasteiger partial charge is 0.159 e. The molecule has 2 aromatic heterocycles. The third kappa shape index (κ3) is 6.07. The first-order chi connectivity index (χ1) is 19.5. The van der Waals surface area contributed by atoms with Crippen LogP contribution in [0.2, 0.25) is 5.02 Å². The fourth-order valence-corrected chi connectivity index (χ4v) is 5.49. The zero-order valence-electron chi connectivity index (χ0n) is 23.1. The predicted molar refractivity (Wildman–Crippen MR) is 161 cm³/mol. The Labute approximate surface area is 240 Å². The van der Waals surface area contributed by atoms with Crippen molar-refractivity contribution in [1.82, 2.24) is 29.5 Å². The average Bonchev–Trinajstić information content (AvgIpc) is 3.56. The third-order valence-corrected chi connectivity index (χ3v) is 7.90. The molecule has 7 nitrogen and oxygen atoms in total. The molecule has 0 unspecified atom stereocenters. The Morgan fingerprint density at radius 1 is 0.875 bits per heavy atom. The maximum atomic E-state index is 6.37. The van der Waals surface area contributed by atoms with E-state index in [0.29, 0.717) is 18.2 Å². The number of nitrogens with zero attached hydrogens (tertiary/aromatic N) is 5. The van der Waals surface area contributed by atoms with E-state index in [9.17, 15) is 0 Å². The van der Waals surface area contributed by atoms with Crippen LogP contribution < -0.4 is 4.74 Å². The first-order valence-corrected chi connectivity index (χ1v) is 14.3. The summed E-state index contributed by atoms with van der Waals surface area (Å²) < 4.78 is 8.15. The molecular weight excluding hydrogens is 520 g/mol. The Balaban J connectivity index is 1.18. The summed E-state index contributed by atoms with van der Waals surface area (Å²) in [7, 11) is 0. The number of imidazole rings is 1. The fourth-order valence-electron chi connectivity index (χ4n) is 5.29. The van der Waals surface area contributed by atoms with E-state index in [1.54, 1.807) is 0 Å². The minimum Gasteiger partial charge on any atom is -0.489 e. The predicted octanol–water partition coefficient (Wildman–Crippen LogP) is 6.15. The Hall–Kier alpha value is -3.65. The van der Waals surface area contributed by atoms with E-state index in [-0.39, 0.29) is 0 Å².